The molecule has 1 aromatic heterocycles. The van der Waals surface area contributed by atoms with Crippen molar-refractivity contribution in [2.24, 2.45) is 0 Å². The Kier molecular flexibility index (Phi) is 10.0. The number of hydrogen-bond acceptors (Lipinski definition) is 9. The second kappa shape index (κ2) is 10.5. The number of aliphatic hydroxyl groups excluding tert-OH is 3. The molecule has 1 saturated heterocycles. The Hall–Kier alpha value is -1.26. The molecule has 1 aromatic rings. The van der Waals surface area contributed by atoms with Gasteiger partial charge in [-0.15, -0.1) is 0 Å². The van der Waals surface area contributed by atoms with Crippen molar-refractivity contribution >= 4 is 21.5 Å². The molecule has 16 nitrogen and oxygen atoms in total. The van der Waals surface area contributed by atoms with Crippen molar-refractivity contribution in [1.82, 2.24) is 9.55 Å². The van der Waals surface area contributed by atoms with Gasteiger partial charge in [0.15, 0.2) is 6.23 Å². The fourth-order valence-electron chi connectivity index (χ4n) is 1.87. The first-order valence-corrected chi connectivity index (χ1v) is 10.1. The number of nitrogens with two attached hydrogens (primary N) is 1. The van der Waals surface area contributed by atoms with Crippen LogP contribution in [-0.4, -0.2) is 79.1 Å². The average Bonchev–Trinajstić information content (AvgIpc) is 2.75. The molecule has 1 aliphatic rings. The minimum atomic E-state index is -4.64. The van der Waals surface area contributed by atoms with E-state index in [0.29, 0.717) is 5.56 Å². The van der Waals surface area contributed by atoms with Crippen molar-refractivity contribution in [1.29, 1.82) is 0 Å². The number of aromatic nitrogens is 2. The van der Waals surface area contributed by atoms with E-state index in [9.17, 15) is 15.0 Å². The van der Waals surface area contributed by atoms with E-state index in [-0.39, 0.29) is 5.82 Å². The highest BCUT2D eigenvalue weighted by molar-refractivity contribution is 7.45. The third-order valence-corrected chi connectivity index (χ3v) is 2.97. The lowest BCUT2D eigenvalue weighted by Gasteiger charge is -2.17. The van der Waals surface area contributed by atoms with Gasteiger partial charge in [-0.25, -0.2) is 13.9 Å². The second-order valence-electron chi connectivity index (χ2n) is 5.25. The summed E-state index contributed by atoms with van der Waals surface area (Å²) in [5.41, 5.74) is 5.35. The predicted octanol–water partition coefficient (Wildman–Crippen LogP) is -4.11. The van der Waals surface area contributed by atoms with E-state index in [2.05, 4.69) is 4.98 Å². The summed E-state index contributed by atoms with van der Waals surface area (Å²) in [6.45, 7) is 1.20. The van der Waals surface area contributed by atoms with Gasteiger partial charge < -0.3 is 55.2 Å². The summed E-state index contributed by atoms with van der Waals surface area (Å²) < 4.78 is 24.0. The molecule has 1 fully saturated rings. The molecule has 4 atom stereocenters. The molecular weight excluding hydrogens is 432 g/mol. The quantitative estimate of drug-likeness (QED) is 0.190. The predicted molar refractivity (Wildman–Crippen MR) is 89.2 cm³/mol. The van der Waals surface area contributed by atoms with Crippen LogP contribution in [0.2, 0.25) is 0 Å². The van der Waals surface area contributed by atoms with E-state index in [4.69, 9.17) is 54.1 Å². The number of ether oxygens (including phenoxy) is 1. The second-order valence-corrected chi connectivity index (χ2v) is 7.31. The van der Waals surface area contributed by atoms with Gasteiger partial charge in [0.05, 0.1) is 6.61 Å². The normalized spacial score (nSPS) is 24.6. The highest BCUT2D eigenvalue weighted by atomic mass is 31.2. The van der Waals surface area contributed by atoms with Gasteiger partial charge in [-0.1, -0.05) is 0 Å². The van der Waals surface area contributed by atoms with Crippen molar-refractivity contribution in [3.63, 3.8) is 0 Å². The number of nitrogen functional groups attached to an aromatic ring is 1. The van der Waals surface area contributed by atoms with Crippen LogP contribution in [0.4, 0.5) is 5.82 Å². The zero-order chi connectivity index (χ0) is 22.4. The summed E-state index contributed by atoms with van der Waals surface area (Å²) in [6.07, 6.45) is -3.20. The van der Waals surface area contributed by atoms with E-state index in [1.54, 1.807) is 6.92 Å². The molecular formula is C10H21N3O13P2. The largest absolute Gasteiger partial charge is 0.466 e. The lowest BCUT2D eigenvalue weighted by atomic mass is 10.1. The van der Waals surface area contributed by atoms with E-state index in [1.807, 2.05) is 0 Å². The van der Waals surface area contributed by atoms with Crippen LogP contribution in [0.1, 0.15) is 11.8 Å². The molecule has 0 aliphatic carbocycles. The number of phosphoric acid groups is 2. The van der Waals surface area contributed by atoms with Crippen molar-refractivity contribution in [2.75, 3.05) is 12.3 Å². The van der Waals surface area contributed by atoms with Crippen LogP contribution in [0, 0.1) is 6.92 Å². The molecule has 0 bridgehead atoms. The highest BCUT2D eigenvalue weighted by Gasteiger charge is 2.43. The number of hydrogen-bond donors (Lipinski definition) is 10. The Morgan fingerprint density at radius 1 is 1.11 bits per heavy atom. The van der Waals surface area contributed by atoms with Crippen LogP contribution >= 0.6 is 15.6 Å². The Morgan fingerprint density at radius 3 is 1.89 bits per heavy atom. The number of anilines is 1. The summed E-state index contributed by atoms with van der Waals surface area (Å²) in [4.78, 5) is 58.4. The molecule has 2 rings (SSSR count). The summed E-state index contributed by atoms with van der Waals surface area (Å²) in [5, 5.41) is 28.4. The average molecular weight is 453 g/mol. The van der Waals surface area contributed by atoms with Crippen LogP contribution in [0.25, 0.3) is 0 Å². The highest BCUT2D eigenvalue weighted by Crippen LogP contribution is 2.28. The van der Waals surface area contributed by atoms with Crippen molar-refractivity contribution in [2.45, 2.75) is 31.5 Å². The number of aliphatic hydroxyl groups is 3. The molecule has 1 aliphatic heterocycles. The maximum Gasteiger partial charge on any atom is 0.466 e. The van der Waals surface area contributed by atoms with Gasteiger partial charge in [-0.2, -0.15) is 4.98 Å². The molecule has 0 amide bonds. The Labute approximate surface area is 156 Å². The van der Waals surface area contributed by atoms with E-state index in [0.717, 1.165) is 4.57 Å². The molecule has 164 valence electrons. The Balaban J connectivity index is 0.000000607. The fourth-order valence-corrected chi connectivity index (χ4v) is 1.87. The zero-order valence-electron chi connectivity index (χ0n) is 14.1. The van der Waals surface area contributed by atoms with Crippen LogP contribution < -0.4 is 11.4 Å². The number of rotatable bonds is 2. The van der Waals surface area contributed by atoms with E-state index >= 15 is 0 Å². The summed E-state index contributed by atoms with van der Waals surface area (Å²) in [7, 11) is -9.28. The summed E-state index contributed by atoms with van der Waals surface area (Å²) in [5.74, 6) is 0.1000. The Morgan fingerprint density at radius 2 is 1.54 bits per heavy atom. The lowest BCUT2D eigenvalue weighted by Crippen LogP contribution is -2.36. The molecule has 0 radical (unpaired) electrons. The fraction of sp³-hybridized carbons (Fsp3) is 0.600. The molecule has 0 spiro atoms. The minimum Gasteiger partial charge on any atom is -0.394 e. The molecule has 0 saturated carbocycles. The van der Waals surface area contributed by atoms with Gasteiger partial charge in [0.1, 0.15) is 24.1 Å². The minimum absolute atomic E-state index is 0.1000. The van der Waals surface area contributed by atoms with Crippen LogP contribution in [0.5, 0.6) is 0 Å². The van der Waals surface area contributed by atoms with Gasteiger partial charge in [0.25, 0.3) is 0 Å². The van der Waals surface area contributed by atoms with Gasteiger partial charge in [-0.05, 0) is 6.92 Å². The maximum atomic E-state index is 11.7. The van der Waals surface area contributed by atoms with E-state index < -0.39 is 52.5 Å². The topological polar surface area (TPSA) is 286 Å². The molecule has 11 N–H and O–H groups in total. The van der Waals surface area contributed by atoms with Crippen molar-refractivity contribution in [3.05, 3.63) is 22.2 Å². The molecule has 18 heteroatoms. The molecule has 0 aromatic carbocycles. The third-order valence-electron chi connectivity index (χ3n) is 2.97. The van der Waals surface area contributed by atoms with Gasteiger partial charge in [-0.3, -0.25) is 4.57 Å². The van der Waals surface area contributed by atoms with E-state index in [1.165, 1.54) is 6.20 Å². The summed E-state index contributed by atoms with van der Waals surface area (Å²) in [6, 6.07) is 0. The SMILES string of the molecule is Cc1cn([C@@H]2O[C@H](CO)[C@@H](O)[C@H]2O)c(=O)nc1N.O=P(O)(O)O.O=P(O)(O)O. The molecule has 0 unspecified atom stereocenters. The zero-order valence-corrected chi connectivity index (χ0v) is 15.9. The Bertz CT molecular complexity index is 753. The standard InChI is InChI=1S/C10H15N3O5.2H3O4P/c1-4-2-13(10(17)12-8(4)11)9-7(16)6(15)5(3-14)18-9;2*1-5(2,3)4/h2,5-7,9,14-16H,3H2,1H3,(H2,11,12,17);2*(H3,1,2,3,4)/t5-,6-,7-,9-;;/m1../s1. The van der Waals surface area contributed by atoms with Gasteiger partial charge in [0.2, 0.25) is 0 Å². The number of nitrogens with zero attached hydrogens (tertiary/aromatic N) is 2. The first-order chi connectivity index (χ1) is 12.5. The monoisotopic (exact) mass is 453 g/mol. The molecule has 28 heavy (non-hydrogen) atoms. The van der Waals surface area contributed by atoms with Crippen molar-refractivity contribution < 1.29 is 58.5 Å². The number of aryl methyl sites for hydroxylation is 1. The first kappa shape index (κ1) is 26.7. The lowest BCUT2D eigenvalue weighted by molar-refractivity contribution is -0.0550. The molecule has 2 heterocycles. The third kappa shape index (κ3) is 10.3. The smallest absolute Gasteiger partial charge is 0.394 e. The first-order valence-electron chi connectivity index (χ1n) is 7.00. The van der Waals surface area contributed by atoms with Gasteiger partial charge >= 0.3 is 21.3 Å². The summed E-state index contributed by atoms with van der Waals surface area (Å²) >= 11 is 0. The van der Waals surface area contributed by atoms with Crippen LogP contribution in [0.3, 0.4) is 0 Å². The van der Waals surface area contributed by atoms with Crippen molar-refractivity contribution in [3.8, 4) is 0 Å². The maximum absolute atomic E-state index is 11.7. The van der Waals surface area contributed by atoms with Crippen LogP contribution in [0.15, 0.2) is 11.0 Å². The van der Waals surface area contributed by atoms with Crippen LogP contribution in [-0.2, 0) is 13.9 Å². The van der Waals surface area contributed by atoms with Gasteiger partial charge in [0, 0.05) is 11.8 Å².